The van der Waals surface area contributed by atoms with Crippen LogP contribution in [0.1, 0.15) is 17.2 Å². The number of aromatic nitrogens is 2. The minimum atomic E-state index is -4.52. The Labute approximate surface area is 175 Å². The minimum absolute atomic E-state index is 0.210. The molecule has 29 heavy (non-hydrogen) atoms. The predicted octanol–water partition coefficient (Wildman–Crippen LogP) is 5.68. The van der Waals surface area contributed by atoms with Crippen LogP contribution < -0.4 is 5.32 Å². The van der Waals surface area contributed by atoms with Crippen LogP contribution in [0.2, 0.25) is 5.02 Å². The fourth-order valence-corrected chi connectivity index (χ4v) is 3.32. The Morgan fingerprint density at radius 1 is 1.10 bits per heavy atom. The van der Waals surface area contributed by atoms with E-state index >= 15 is 0 Å². The average molecular weight is 440 g/mol. The van der Waals surface area contributed by atoms with Crippen molar-refractivity contribution in [1.82, 2.24) is 9.97 Å². The Balaban J connectivity index is 1.85. The molecule has 0 saturated heterocycles. The van der Waals surface area contributed by atoms with Crippen molar-refractivity contribution in [3.63, 3.8) is 0 Å². The number of halogens is 4. The third kappa shape index (κ3) is 5.41. The number of rotatable bonds is 6. The maximum Gasteiger partial charge on any atom is 0.417 e. The van der Waals surface area contributed by atoms with Crippen molar-refractivity contribution in [3.8, 4) is 11.3 Å². The molecule has 2 aromatic carbocycles. The van der Waals surface area contributed by atoms with Crippen LogP contribution >= 0.6 is 23.4 Å². The predicted molar refractivity (Wildman–Crippen MR) is 109 cm³/mol. The Bertz CT molecular complexity index is 986. The minimum Gasteiger partial charge on any atom is -0.387 e. The van der Waals surface area contributed by atoms with Crippen LogP contribution in [0.3, 0.4) is 0 Å². The molecule has 0 amide bonds. The molecule has 0 radical (unpaired) electrons. The highest BCUT2D eigenvalue weighted by atomic mass is 35.5. The van der Waals surface area contributed by atoms with E-state index in [1.54, 1.807) is 12.3 Å². The van der Waals surface area contributed by atoms with Crippen LogP contribution in [-0.4, -0.2) is 27.9 Å². The van der Waals surface area contributed by atoms with Crippen molar-refractivity contribution in [2.24, 2.45) is 0 Å². The average Bonchev–Trinajstić information content (AvgIpc) is 2.71. The Kier molecular flexibility index (Phi) is 6.66. The molecule has 1 heterocycles. The van der Waals surface area contributed by atoms with Crippen molar-refractivity contribution in [3.05, 3.63) is 70.7 Å². The van der Waals surface area contributed by atoms with Gasteiger partial charge in [0.1, 0.15) is 5.82 Å². The van der Waals surface area contributed by atoms with E-state index < -0.39 is 22.9 Å². The molecule has 2 N–H and O–H groups in total. The molecular weight excluding hydrogens is 423 g/mol. The maximum atomic E-state index is 12.9. The van der Waals surface area contributed by atoms with E-state index in [9.17, 15) is 18.3 Å². The van der Waals surface area contributed by atoms with Crippen LogP contribution in [0, 0.1) is 0 Å². The summed E-state index contributed by atoms with van der Waals surface area (Å²) in [5.41, 5.74) is 0.726. The monoisotopic (exact) mass is 439 g/mol. The van der Waals surface area contributed by atoms with Gasteiger partial charge in [0, 0.05) is 18.2 Å². The number of aliphatic hydroxyl groups is 1. The highest BCUT2D eigenvalue weighted by molar-refractivity contribution is 7.98. The van der Waals surface area contributed by atoms with Crippen molar-refractivity contribution in [1.29, 1.82) is 0 Å². The van der Waals surface area contributed by atoms with E-state index in [2.05, 4.69) is 15.3 Å². The summed E-state index contributed by atoms with van der Waals surface area (Å²) in [4.78, 5) is 8.69. The van der Waals surface area contributed by atoms with Crippen LogP contribution in [0.15, 0.2) is 59.8 Å². The topological polar surface area (TPSA) is 58.0 Å². The fourth-order valence-electron chi connectivity index (χ4n) is 2.65. The lowest BCUT2D eigenvalue weighted by molar-refractivity contribution is -0.137. The molecule has 3 aromatic rings. The van der Waals surface area contributed by atoms with Gasteiger partial charge >= 0.3 is 6.18 Å². The van der Waals surface area contributed by atoms with Gasteiger partial charge in [0.25, 0.3) is 0 Å². The van der Waals surface area contributed by atoms with Crippen LogP contribution in [0.4, 0.5) is 19.0 Å². The number of aliphatic hydroxyl groups excluding tert-OH is 1. The maximum absolute atomic E-state index is 12.9. The normalized spacial score (nSPS) is 12.6. The van der Waals surface area contributed by atoms with Crippen molar-refractivity contribution in [2.45, 2.75) is 17.4 Å². The first-order valence-corrected chi connectivity index (χ1v) is 10.2. The van der Waals surface area contributed by atoms with Gasteiger partial charge in [0.2, 0.25) is 0 Å². The number of nitrogens with one attached hydrogen (secondary N) is 1. The van der Waals surface area contributed by atoms with Gasteiger partial charge in [-0.1, -0.05) is 59.8 Å². The highest BCUT2D eigenvalue weighted by Gasteiger charge is 2.33. The number of benzene rings is 2. The molecule has 0 fully saturated rings. The van der Waals surface area contributed by atoms with Crippen molar-refractivity contribution >= 4 is 29.2 Å². The Morgan fingerprint density at radius 2 is 1.83 bits per heavy atom. The van der Waals surface area contributed by atoms with Gasteiger partial charge in [0.15, 0.2) is 5.16 Å². The van der Waals surface area contributed by atoms with Crippen LogP contribution in [0.25, 0.3) is 11.3 Å². The number of thioether (sulfide) groups is 1. The standard InChI is InChI=1S/C20H17ClF3N3OS/c1-29-19-26-16(13-7-8-14(15(21)9-13)20(22,23)24)10-18(27-19)25-11-17(28)12-5-3-2-4-6-12/h2-10,17,28H,11H2,1H3,(H,25,26,27)/t17-/m0/s1. The summed E-state index contributed by atoms with van der Waals surface area (Å²) in [5.74, 6) is 0.449. The third-order valence-corrected chi connectivity index (χ3v) is 4.98. The van der Waals surface area contributed by atoms with E-state index in [0.29, 0.717) is 22.2 Å². The highest BCUT2D eigenvalue weighted by Crippen LogP contribution is 2.37. The zero-order chi connectivity index (χ0) is 21.0. The molecular formula is C20H17ClF3N3OS. The van der Waals surface area contributed by atoms with Gasteiger partial charge in [-0.25, -0.2) is 9.97 Å². The Morgan fingerprint density at radius 3 is 2.45 bits per heavy atom. The third-order valence-electron chi connectivity index (χ3n) is 4.12. The summed E-state index contributed by atoms with van der Waals surface area (Å²) < 4.78 is 38.8. The Hall–Kier alpha value is -2.29. The zero-order valence-electron chi connectivity index (χ0n) is 15.2. The first kappa shape index (κ1) is 21.4. The van der Waals surface area contributed by atoms with Crippen molar-refractivity contribution < 1.29 is 18.3 Å². The lowest BCUT2D eigenvalue weighted by Gasteiger charge is -2.14. The summed E-state index contributed by atoms with van der Waals surface area (Å²) in [5, 5.41) is 13.4. The first-order chi connectivity index (χ1) is 13.8. The first-order valence-electron chi connectivity index (χ1n) is 8.55. The number of hydrogen-bond acceptors (Lipinski definition) is 5. The van der Waals surface area contributed by atoms with Gasteiger partial charge in [-0.3, -0.25) is 0 Å². The van der Waals surface area contributed by atoms with Gasteiger partial charge in [0.05, 0.1) is 22.4 Å². The second-order valence-corrected chi connectivity index (χ2v) is 7.31. The van der Waals surface area contributed by atoms with E-state index in [-0.39, 0.29) is 6.54 Å². The second-order valence-electron chi connectivity index (χ2n) is 6.12. The summed E-state index contributed by atoms with van der Waals surface area (Å²) in [7, 11) is 0. The van der Waals surface area contributed by atoms with E-state index in [4.69, 9.17) is 11.6 Å². The molecule has 0 saturated carbocycles. The molecule has 0 bridgehead atoms. The molecule has 0 aliphatic heterocycles. The number of alkyl halides is 3. The summed E-state index contributed by atoms with van der Waals surface area (Å²) in [6.07, 6.45) is -3.47. The van der Waals surface area contributed by atoms with E-state index in [1.807, 2.05) is 30.3 Å². The molecule has 3 rings (SSSR count). The molecule has 152 valence electrons. The fraction of sp³-hybridized carbons (Fsp3) is 0.200. The SMILES string of the molecule is CSc1nc(NC[C@H](O)c2ccccc2)cc(-c2ccc(C(F)(F)F)c(Cl)c2)n1. The molecule has 1 atom stereocenters. The molecule has 1 aromatic heterocycles. The molecule has 9 heteroatoms. The van der Waals surface area contributed by atoms with Gasteiger partial charge in [-0.05, 0) is 24.0 Å². The summed E-state index contributed by atoms with van der Waals surface area (Å²) >= 11 is 7.13. The molecule has 0 spiro atoms. The zero-order valence-corrected chi connectivity index (χ0v) is 16.8. The lowest BCUT2D eigenvalue weighted by Crippen LogP contribution is -2.13. The van der Waals surface area contributed by atoms with Gasteiger partial charge < -0.3 is 10.4 Å². The number of hydrogen-bond donors (Lipinski definition) is 2. The number of nitrogens with zero attached hydrogens (tertiary/aromatic N) is 2. The van der Waals surface area contributed by atoms with Gasteiger partial charge in [-0.2, -0.15) is 13.2 Å². The van der Waals surface area contributed by atoms with Crippen LogP contribution in [0.5, 0.6) is 0 Å². The molecule has 0 aliphatic carbocycles. The van der Waals surface area contributed by atoms with Gasteiger partial charge in [-0.15, -0.1) is 0 Å². The molecule has 0 aliphatic rings. The summed E-state index contributed by atoms with van der Waals surface area (Å²) in [6, 6.07) is 14.3. The largest absolute Gasteiger partial charge is 0.417 e. The number of anilines is 1. The van der Waals surface area contributed by atoms with Crippen molar-refractivity contribution in [2.75, 3.05) is 18.1 Å². The quantitative estimate of drug-likeness (QED) is 0.382. The molecule has 0 unspecified atom stereocenters. The summed E-state index contributed by atoms with van der Waals surface area (Å²) in [6.45, 7) is 0.210. The van der Waals surface area contributed by atoms with Crippen LogP contribution in [-0.2, 0) is 6.18 Å². The smallest absolute Gasteiger partial charge is 0.387 e. The van der Waals surface area contributed by atoms with E-state index in [1.165, 1.54) is 23.9 Å². The van der Waals surface area contributed by atoms with E-state index in [0.717, 1.165) is 11.6 Å². The lowest BCUT2D eigenvalue weighted by atomic mass is 10.1. The second kappa shape index (κ2) is 9.02. The molecule has 4 nitrogen and oxygen atoms in total.